The maximum atomic E-state index is 5.87. The summed E-state index contributed by atoms with van der Waals surface area (Å²) in [6.07, 6.45) is 8.44. The second kappa shape index (κ2) is 4.52. The van der Waals surface area contributed by atoms with Crippen molar-refractivity contribution in [3.63, 3.8) is 0 Å². The first-order chi connectivity index (χ1) is 9.29. The lowest BCUT2D eigenvalue weighted by atomic mass is 9.88. The average molecular weight is 256 g/mol. The minimum absolute atomic E-state index is 0.578. The molecule has 1 aromatic carbocycles. The van der Waals surface area contributed by atoms with E-state index in [-0.39, 0.29) is 0 Å². The Morgan fingerprint density at radius 1 is 1.16 bits per heavy atom. The minimum Gasteiger partial charge on any atom is -0.399 e. The van der Waals surface area contributed by atoms with Gasteiger partial charge in [-0.3, -0.25) is 0 Å². The lowest BCUT2D eigenvalue weighted by Gasteiger charge is -2.24. The zero-order valence-electron chi connectivity index (χ0n) is 11.6. The lowest BCUT2D eigenvalue weighted by Crippen LogP contribution is -2.29. The van der Waals surface area contributed by atoms with Crippen LogP contribution < -0.4 is 11.1 Å². The molecule has 0 heterocycles. The molecule has 2 bridgehead atoms. The van der Waals surface area contributed by atoms with Gasteiger partial charge in [-0.2, -0.15) is 0 Å². The summed E-state index contributed by atoms with van der Waals surface area (Å²) in [4.78, 5) is 0. The number of nitrogens with two attached hydrogens (primary N) is 1. The van der Waals surface area contributed by atoms with E-state index >= 15 is 0 Å². The van der Waals surface area contributed by atoms with Crippen molar-refractivity contribution in [1.82, 2.24) is 5.32 Å². The highest BCUT2D eigenvalue weighted by atomic mass is 14.9. The molecule has 0 aliphatic heterocycles. The van der Waals surface area contributed by atoms with Crippen molar-refractivity contribution in [3.8, 4) is 0 Å². The minimum atomic E-state index is 0.578. The van der Waals surface area contributed by atoms with Crippen LogP contribution in [0.5, 0.6) is 0 Å². The van der Waals surface area contributed by atoms with E-state index in [1.54, 1.807) is 0 Å². The van der Waals surface area contributed by atoms with Gasteiger partial charge in [-0.25, -0.2) is 0 Å². The van der Waals surface area contributed by atoms with Gasteiger partial charge >= 0.3 is 0 Å². The third kappa shape index (κ3) is 2.06. The summed E-state index contributed by atoms with van der Waals surface area (Å²) in [6.45, 7) is 1.23. The molecule has 3 N–H and O–H groups in total. The molecule has 4 rings (SSSR count). The van der Waals surface area contributed by atoms with Crippen molar-refractivity contribution in [2.24, 2.45) is 17.8 Å². The lowest BCUT2D eigenvalue weighted by molar-refractivity contribution is 0.306. The smallest absolute Gasteiger partial charge is 0.0326 e. The summed E-state index contributed by atoms with van der Waals surface area (Å²) in [6, 6.07) is 7.02. The largest absolute Gasteiger partial charge is 0.399 e. The summed E-state index contributed by atoms with van der Waals surface area (Å²) >= 11 is 0. The molecule has 4 unspecified atom stereocenters. The number of rotatable bonds is 3. The van der Waals surface area contributed by atoms with E-state index in [4.69, 9.17) is 5.73 Å². The van der Waals surface area contributed by atoms with Crippen LogP contribution in [-0.4, -0.2) is 6.54 Å². The van der Waals surface area contributed by atoms with Gasteiger partial charge in [0, 0.05) is 11.7 Å². The van der Waals surface area contributed by atoms with E-state index in [1.165, 1.54) is 56.2 Å². The standard InChI is InChI=1S/C17H24N2/c18-15-4-5-16-13(9-15)3-6-17(16)19-10-14-8-11-1-2-12(14)7-11/h4-5,9,11-12,14,17,19H,1-3,6-8,10,18H2. The van der Waals surface area contributed by atoms with E-state index in [0.29, 0.717) is 6.04 Å². The molecule has 0 radical (unpaired) electrons. The van der Waals surface area contributed by atoms with Gasteiger partial charge in [0.25, 0.3) is 0 Å². The van der Waals surface area contributed by atoms with Crippen LogP contribution in [0.1, 0.15) is 49.3 Å². The molecule has 4 atom stereocenters. The Morgan fingerprint density at radius 2 is 2.11 bits per heavy atom. The topological polar surface area (TPSA) is 38.0 Å². The van der Waals surface area contributed by atoms with Crippen LogP contribution in [0.15, 0.2) is 18.2 Å². The number of nitrogens with one attached hydrogen (secondary N) is 1. The second-order valence-electron chi connectivity index (χ2n) is 6.89. The maximum Gasteiger partial charge on any atom is 0.0326 e. The van der Waals surface area contributed by atoms with Crippen LogP contribution in [0.25, 0.3) is 0 Å². The third-order valence-electron chi connectivity index (χ3n) is 5.76. The number of anilines is 1. The van der Waals surface area contributed by atoms with Crippen molar-refractivity contribution in [1.29, 1.82) is 0 Å². The first-order valence-corrected chi connectivity index (χ1v) is 7.91. The van der Waals surface area contributed by atoms with Gasteiger partial charge in [-0.1, -0.05) is 12.5 Å². The molecule has 2 nitrogen and oxygen atoms in total. The van der Waals surface area contributed by atoms with Gasteiger partial charge in [0.15, 0.2) is 0 Å². The summed E-state index contributed by atoms with van der Waals surface area (Å²) in [5, 5.41) is 3.84. The van der Waals surface area contributed by atoms with Gasteiger partial charge < -0.3 is 11.1 Å². The average Bonchev–Trinajstić information content (AvgIpc) is 3.10. The Balaban J connectivity index is 1.40. The molecule has 0 spiro atoms. The molecule has 1 aromatic rings. The van der Waals surface area contributed by atoms with Crippen LogP contribution in [-0.2, 0) is 6.42 Å². The zero-order chi connectivity index (χ0) is 12.8. The van der Waals surface area contributed by atoms with Crippen LogP contribution in [0, 0.1) is 17.8 Å². The van der Waals surface area contributed by atoms with Gasteiger partial charge in [-0.05, 0) is 79.7 Å². The fourth-order valence-electron chi connectivity index (χ4n) is 4.77. The van der Waals surface area contributed by atoms with Crippen molar-refractivity contribution < 1.29 is 0 Å². The fraction of sp³-hybridized carbons (Fsp3) is 0.647. The Kier molecular flexibility index (Phi) is 2.80. The molecule has 3 aliphatic carbocycles. The Morgan fingerprint density at radius 3 is 2.89 bits per heavy atom. The molecule has 2 heteroatoms. The highest BCUT2D eigenvalue weighted by Crippen LogP contribution is 2.48. The first kappa shape index (κ1) is 11.8. The zero-order valence-corrected chi connectivity index (χ0v) is 11.6. The van der Waals surface area contributed by atoms with Crippen molar-refractivity contribution in [2.75, 3.05) is 12.3 Å². The molecular weight excluding hydrogens is 232 g/mol. The van der Waals surface area contributed by atoms with Crippen LogP contribution in [0.3, 0.4) is 0 Å². The van der Waals surface area contributed by atoms with Gasteiger partial charge in [0.2, 0.25) is 0 Å². The first-order valence-electron chi connectivity index (χ1n) is 7.91. The molecular formula is C17H24N2. The maximum absolute atomic E-state index is 5.87. The van der Waals surface area contributed by atoms with Gasteiger partial charge in [0.05, 0.1) is 0 Å². The molecule has 2 saturated carbocycles. The third-order valence-corrected chi connectivity index (χ3v) is 5.76. The van der Waals surface area contributed by atoms with E-state index < -0.39 is 0 Å². The SMILES string of the molecule is Nc1ccc2c(c1)CCC2NCC1CC2CCC1C2. The van der Waals surface area contributed by atoms with Crippen molar-refractivity contribution >= 4 is 5.69 Å². The second-order valence-corrected chi connectivity index (χ2v) is 6.89. The normalized spacial score (nSPS) is 35.8. The van der Waals surface area contributed by atoms with E-state index in [9.17, 15) is 0 Å². The molecule has 3 aliphatic rings. The molecule has 0 amide bonds. The summed E-state index contributed by atoms with van der Waals surface area (Å²) in [5.74, 6) is 3.05. The van der Waals surface area contributed by atoms with Crippen molar-refractivity contribution in [2.45, 2.75) is 44.6 Å². The summed E-state index contributed by atoms with van der Waals surface area (Å²) in [5.41, 5.74) is 9.74. The quantitative estimate of drug-likeness (QED) is 0.814. The molecule has 0 saturated heterocycles. The number of fused-ring (bicyclic) bond motifs is 3. The number of hydrogen-bond acceptors (Lipinski definition) is 2. The Bertz CT molecular complexity index is 482. The molecule has 0 aromatic heterocycles. The van der Waals surface area contributed by atoms with Crippen LogP contribution in [0.4, 0.5) is 5.69 Å². The molecule has 19 heavy (non-hydrogen) atoms. The molecule has 2 fully saturated rings. The van der Waals surface area contributed by atoms with Crippen LogP contribution in [0.2, 0.25) is 0 Å². The monoisotopic (exact) mass is 256 g/mol. The fourth-order valence-corrected chi connectivity index (χ4v) is 4.77. The summed E-state index contributed by atoms with van der Waals surface area (Å²) < 4.78 is 0. The highest BCUT2D eigenvalue weighted by molar-refractivity contribution is 5.47. The number of aryl methyl sites for hydroxylation is 1. The number of nitrogen functional groups attached to an aromatic ring is 1. The van der Waals surface area contributed by atoms with E-state index in [0.717, 1.165) is 23.4 Å². The van der Waals surface area contributed by atoms with Crippen LogP contribution >= 0.6 is 0 Å². The predicted molar refractivity (Wildman–Crippen MR) is 78.9 cm³/mol. The van der Waals surface area contributed by atoms with E-state index in [2.05, 4.69) is 23.5 Å². The summed E-state index contributed by atoms with van der Waals surface area (Å²) in [7, 11) is 0. The highest BCUT2D eigenvalue weighted by Gasteiger charge is 2.39. The van der Waals surface area contributed by atoms with Gasteiger partial charge in [-0.15, -0.1) is 0 Å². The van der Waals surface area contributed by atoms with Crippen molar-refractivity contribution in [3.05, 3.63) is 29.3 Å². The molecule has 102 valence electrons. The predicted octanol–water partition coefficient (Wildman–Crippen LogP) is 3.28. The number of hydrogen-bond donors (Lipinski definition) is 2. The Hall–Kier alpha value is -1.02. The van der Waals surface area contributed by atoms with Gasteiger partial charge in [0.1, 0.15) is 0 Å². The van der Waals surface area contributed by atoms with E-state index in [1.807, 2.05) is 0 Å². The number of benzene rings is 1. The Labute approximate surface area is 115 Å².